The maximum Gasteiger partial charge on any atom is 0.573 e. The number of benzene rings is 1. The van der Waals surface area contributed by atoms with E-state index < -0.39 is 6.36 Å². The molecule has 0 fully saturated rings. The van der Waals surface area contributed by atoms with Crippen LogP contribution in [-0.4, -0.2) is 18.3 Å². The molecule has 0 bridgehead atoms. The summed E-state index contributed by atoms with van der Waals surface area (Å²) in [5, 5.41) is 2.57. The number of anilines is 1. The molecule has 1 aromatic carbocycles. The number of rotatable bonds is 6. The van der Waals surface area contributed by atoms with E-state index in [0.29, 0.717) is 5.69 Å². The Balaban J connectivity index is 2.51. The summed E-state index contributed by atoms with van der Waals surface area (Å²) in [5.41, 5.74) is 6.12. The van der Waals surface area contributed by atoms with Crippen molar-refractivity contribution < 1.29 is 22.7 Å². The van der Waals surface area contributed by atoms with Crippen molar-refractivity contribution in [1.29, 1.82) is 0 Å². The van der Waals surface area contributed by atoms with Gasteiger partial charge in [-0.25, -0.2) is 0 Å². The molecule has 0 aliphatic carbocycles. The first-order valence-electron chi connectivity index (χ1n) is 6.21. The molecule has 1 aromatic rings. The van der Waals surface area contributed by atoms with Gasteiger partial charge < -0.3 is 15.8 Å². The third-order valence-corrected chi connectivity index (χ3v) is 2.48. The van der Waals surface area contributed by atoms with Crippen LogP contribution in [-0.2, 0) is 4.79 Å². The van der Waals surface area contributed by atoms with Crippen molar-refractivity contribution in [3.8, 4) is 5.75 Å². The highest BCUT2D eigenvalue weighted by atomic mass is 19.4. The summed E-state index contributed by atoms with van der Waals surface area (Å²) >= 11 is 0. The van der Waals surface area contributed by atoms with E-state index in [4.69, 9.17) is 5.73 Å². The second-order valence-electron chi connectivity index (χ2n) is 4.37. The molecule has 0 saturated carbocycles. The van der Waals surface area contributed by atoms with Gasteiger partial charge in [-0.2, -0.15) is 0 Å². The minimum atomic E-state index is -4.72. The molecule has 1 unspecified atom stereocenters. The highest BCUT2D eigenvalue weighted by molar-refractivity contribution is 5.91. The van der Waals surface area contributed by atoms with E-state index >= 15 is 0 Å². The lowest BCUT2D eigenvalue weighted by Gasteiger charge is -2.12. The largest absolute Gasteiger partial charge is 0.573 e. The molecule has 1 atom stereocenters. The van der Waals surface area contributed by atoms with E-state index in [1.807, 2.05) is 6.92 Å². The normalized spacial score (nSPS) is 12.8. The average Bonchev–Trinajstić information content (AvgIpc) is 2.30. The number of nitrogens with two attached hydrogens (primary N) is 1. The molecular formula is C13H17F3N2O2. The van der Waals surface area contributed by atoms with E-state index in [9.17, 15) is 18.0 Å². The molecule has 112 valence electrons. The SMILES string of the molecule is CCCC(N)CC(=O)Nc1ccc(OC(F)(F)F)cc1. The average molecular weight is 290 g/mol. The van der Waals surface area contributed by atoms with Crippen molar-refractivity contribution in [3.63, 3.8) is 0 Å². The van der Waals surface area contributed by atoms with Crippen LogP contribution in [0.1, 0.15) is 26.2 Å². The molecule has 0 heterocycles. The molecule has 1 rings (SSSR count). The Morgan fingerprint density at radius 1 is 1.35 bits per heavy atom. The van der Waals surface area contributed by atoms with Crippen molar-refractivity contribution in [2.24, 2.45) is 5.73 Å². The first-order valence-corrected chi connectivity index (χ1v) is 6.21. The minimum Gasteiger partial charge on any atom is -0.406 e. The van der Waals surface area contributed by atoms with Gasteiger partial charge in [-0.1, -0.05) is 13.3 Å². The molecule has 0 radical (unpaired) electrons. The van der Waals surface area contributed by atoms with Crippen LogP contribution in [0.15, 0.2) is 24.3 Å². The standard InChI is InChI=1S/C13H17F3N2O2/c1-2-3-9(17)8-12(19)18-10-4-6-11(7-5-10)20-13(14,15)16/h4-7,9H,2-3,8,17H2,1H3,(H,18,19). The van der Waals surface area contributed by atoms with Crippen LogP contribution in [0.3, 0.4) is 0 Å². The van der Waals surface area contributed by atoms with Crippen LogP contribution in [0.4, 0.5) is 18.9 Å². The molecule has 0 saturated heterocycles. The predicted molar refractivity (Wildman–Crippen MR) is 69.3 cm³/mol. The predicted octanol–water partition coefficient (Wildman–Crippen LogP) is 3.04. The lowest BCUT2D eigenvalue weighted by Crippen LogP contribution is -2.26. The van der Waals surface area contributed by atoms with Gasteiger partial charge in [0.2, 0.25) is 5.91 Å². The van der Waals surface area contributed by atoms with Crippen LogP contribution in [0.5, 0.6) is 5.75 Å². The molecular weight excluding hydrogens is 273 g/mol. The van der Waals surface area contributed by atoms with E-state index in [1.165, 1.54) is 12.1 Å². The lowest BCUT2D eigenvalue weighted by molar-refractivity contribution is -0.274. The Bertz CT molecular complexity index is 432. The Morgan fingerprint density at radius 3 is 2.45 bits per heavy atom. The van der Waals surface area contributed by atoms with Crippen molar-refractivity contribution >= 4 is 11.6 Å². The fourth-order valence-corrected chi connectivity index (χ4v) is 1.66. The Hall–Kier alpha value is -1.76. The smallest absolute Gasteiger partial charge is 0.406 e. The fourth-order valence-electron chi connectivity index (χ4n) is 1.66. The maximum atomic E-state index is 12.0. The van der Waals surface area contributed by atoms with Crippen molar-refractivity contribution in [1.82, 2.24) is 0 Å². The van der Waals surface area contributed by atoms with Gasteiger partial charge in [-0.3, -0.25) is 4.79 Å². The monoisotopic (exact) mass is 290 g/mol. The van der Waals surface area contributed by atoms with Crippen molar-refractivity contribution in [2.75, 3.05) is 5.32 Å². The van der Waals surface area contributed by atoms with Crippen LogP contribution < -0.4 is 15.8 Å². The van der Waals surface area contributed by atoms with Crippen molar-refractivity contribution in [2.45, 2.75) is 38.6 Å². The summed E-state index contributed by atoms with van der Waals surface area (Å²) in [7, 11) is 0. The second-order valence-corrected chi connectivity index (χ2v) is 4.37. The summed E-state index contributed by atoms with van der Waals surface area (Å²) < 4.78 is 39.6. The number of hydrogen-bond acceptors (Lipinski definition) is 3. The fraction of sp³-hybridized carbons (Fsp3) is 0.462. The number of alkyl halides is 3. The molecule has 3 N–H and O–H groups in total. The molecule has 7 heteroatoms. The number of halogens is 3. The highest BCUT2D eigenvalue weighted by Gasteiger charge is 2.30. The zero-order valence-electron chi connectivity index (χ0n) is 11.0. The Kier molecular flexibility index (Phi) is 5.82. The van der Waals surface area contributed by atoms with Gasteiger partial charge in [0.25, 0.3) is 0 Å². The molecule has 0 aromatic heterocycles. The van der Waals surface area contributed by atoms with Crippen molar-refractivity contribution in [3.05, 3.63) is 24.3 Å². The second kappa shape index (κ2) is 7.14. The number of carbonyl (C=O) groups excluding carboxylic acids is 1. The molecule has 0 aliphatic heterocycles. The Labute approximate surface area is 115 Å². The van der Waals surface area contributed by atoms with Gasteiger partial charge in [0, 0.05) is 18.2 Å². The topological polar surface area (TPSA) is 64.4 Å². The molecule has 4 nitrogen and oxygen atoms in total. The van der Waals surface area contributed by atoms with Gasteiger partial charge >= 0.3 is 6.36 Å². The minimum absolute atomic E-state index is 0.175. The lowest BCUT2D eigenvalue weighted by atomic mass is 10.1. The van der Waals surface area contributed by atoms with Crippen LogP contribution >= 0.6 is 0 Å². The number of ether oxygens (including phenoxy) is 1. The van der Waals surface area contributed by atoms with E-state index in [0.717, 1.165) is 25.0 Å². The summed E-state index contributed by atoms with van der Waals surface area (Å²) in [6, 6.07) is 4.73. The third-order valence-electron chi connectivity index (χ3n) is 2.48. The van der Waals surface area contributed by atoms with E-state index in [-0.39, 0.29) is 24.1 Å². The van der Waals surface area contributed by atoms with Gasteiger partial charge in [-0.15, -0.1) is 13.2 Å². The van der Waals surface area contributed by atoms with Gasteiger partial charge in [0.05, 0.1) is 0 Å². The zero-order valence-corrected chi connectivity index (χ0v) is 11.0. The Morgan fingerprint density at radius 2 is 1.95 bits per heavy atom. The van der Waals surface area contributed by atoms with Crippen LogP contribution in [0, 0.1) is 0 Å². The van der Waals surface area contributed by atoms with Gasteiger partial charge in [0.1, 0.15) is 5.75 Å². The number of carbonyl (C=O) groups is 1. The zero-order chi connectivity index (χ0) is 15.2. The van der Waals surface area contributed by atoms with Gasteiger partial charge in [0.15, 0.2) is 0 Å². The molecule has 20 heavy (non-hydrogen) atoms. The summed E-state index contributed by atoms with van der Waals surface area (Å²) in [6.07, 6.45) is -2.92. The number of nitrogens with one attached hydrogen (secondary N) is 1. The summed E-state index contributed by atoms with van der Waals surface area (Å²) in [5.74, 6) is -0.603. The van der Waals surface area contributed by atoms with Gasteiger partial charge in [-0.05, 0) is 30.7 Å². The number of hydrogen-bond donors (Lipinski definition) is 2. The first-order chi connectivity index (χ1) is 9.30. The van der Waals surface area contributed by atoms with Crippen LogP contribution in [0.2, 0.25) is 0 Å². The highest BCUT2D eigenvalue weighted by Crippen LogP contribution is 2.23. The first kappa shape index (κ1) is 16.3. The maximum absolute atomic E-state index is 12.0. The molecule has 0 aliphatic rings. The van der Waals surface area contributed by atoms with E-state index in [1.54, 1.807) is 0 Å². The van der Waals surface area contributed by atoms with Crippen LogP contribution in [0.25, 0.3) is 0 Å². The summed E-state index contributed by atoms with van der Waals surface area (Å²) in [4.78, 5) is 11.6. The quantitative estimate of drug-likeness (QED) is 0.846. The molecule has 0 spiro atoms. The summed E-state index contributed by atoms with van der Waals surface area (Å²) in [6.45, 7) is 1.97. The van der Waals surface area contributed by atoms with E-state index in [2.05, 4.69) is 10.1 Å². The third kappa shape index (κ3) is 6.42. The molecule has 1 amide bonds. The number of amides is 1.